The Kier molecular flexibility index (Phi) is 7.41. The van der Waals surface area contributed by atoms with Crippen LogP contribution in [0.4, 0.5) is 14.5 Å². The molecule has 0 saturated heterocycles. The van der Waals surface area contributed by atoms with Crippen molar-refractivity contribution in [3.8, 4) is 0 Å². The molecule has 0 bridgehead atoms. The lowest BCUT2D eigenvalue weighted by Crippen LogP contribution is -2.18. The zero-order valence-electron chi connectivity index (χ0n) is 18.1. The highest BCUT2D eigenvalue weighted by Crippen LogP contribution is 2.38. The van der Waals surface area contributed by atoms with Crippen LogP contribution in [0.5, 0.6) is 0 Å². The third-order valence-corrected chi connectivity index (χ3v) is 7.56. The fourth-order valence-electron chi connectivity index (χ4n) is 3.50. The van der Waals surface area contributed by atoms with Crippen LogP contribution in [0.1, 0.15) is 34.8 Å². The largest absolute Gasteiger partial charge is 0.469 e. The van der Waals surface area contributed by atoms with Gasteiger partial charge in [0.25, 0.3) is 11.6 Å². The normalized spacial score (nSPS) is 12.7. The van der Waals surface area contributed by atoms with Crippen molar-refractivity contribution in [1.82, 2.24) is 0 Å². The Bertz CT molecular complexity index is 1260. The summed E-state index contributed by atoms with van der Waals surface area (Å²) in [4.78, 5) is 21.5. The van der Waals surface area contributed by atoms with Gasteiger partial charge in [-0.05, 0) is 36.2 Å². The fourth-order valence-corrected chi connectivity index (χ4v) is 5.28. The van der Waals surface area contributed by atoms with E-state index in [2.05, 4.69) is 4.74 Å². The lowest BCUT2D eigenvalue weighted by Gasteiger charge is -2.20. The molecule has 178 valence electrons. The number of carbonyl (C=O) groups excluding carboxylic acids is 1. The third kappa shape index (κ3) is 5.28. The number of non-ortho nitro benzene ring substituents is 1. The lowest BCUT2D eigenvalue weighted by atomic mass is 10.0. The molecule has 0 aliphatic heterocycles. The van der Waals surface area contributed by atoms with E-state index < -0.39 is 43.0 Å². The summed E-state index contributed by atoms with van der Waals surface area (Å²) in [5.74, 6) is -4.06. The number of methoxy groups -OCH3 is 1. The van der Waals surface area contributed by atoms with Crippen molar-refractivity contribution in [2.75, 3.05) is 7.11 Å². The van der Waals surface area contributed by atoms with Crippen LogP contribution in [-0.2, 0) is 25.3 Å². The van der Waals surface area contributed by atoms with Crippen molar-refractivity contribution in [2.24, 2.45) is 0 Å². The van der Waals surface area contributed by atoms with Gasteiger partial charge in [-0.2, -0.15) is 8.78 Å². The maximum absolute atomic E-state index is 15.0. The molecule has 0 aliphatic carbocycles. The van der Waals surface area contributed by atoms with Crippen molar-refractivity contribution in [2.45, 2.75) is 28.9 Å². The van der Waals surface area contributed by atoms with E-state index in [1.165, 1.54) is 7.11 Å². The first-order valence-electron chi connectivity index (χ1n) is 10.2. The molecule has 0 radical (unpaired) electrons. The fraction of sp³-hybridized carbons (Fsp3) is 0.208. The number of nitro benzene ring substituents is 1. The molecule has 3 aromatic carbocycles. The highest BCUT2D eigenvalue weighted by molar-refractivity contribution is 7.91. The van der Waals surface area contributed by atoms with Crippen LogP contribution in [0, 0.1) is 10.1 Å². The van der Waals surface area contributed by atoms with Crippen molar-refractivity contribution in [1.29, 1.82) is 0 Å². The lowest BCUT2D eigenvalue weighted by molar-refractivity contribution is -0.384. The molecule has 0 amide bonds. The maximum Gasteiger partial charge on any atom is 0.305 e. The predicted molar refractivity (Wildman–Crippen MR) is 120 cm³/mol. The number of halogens is 2. The van der Waals surface area contributed by atoms with Gasteiger partial charge in [0.15, 0.2) is 9.84 Å². The first kappa shape index (κ1) is 25.0. The van der Waals surface area contributed by atoms with Gasteiger partial charge in [-0.25, -0.2) is 8.42 Å². The van der Waals surface area contributed by atoms with E-state index in [9.17, 15) is 32.1 Å². The minimum Gasteiger partial charge on any atom is -0.469 e. The molecule has 0 aliphatic rings. The Morgan fingerprint density at radius 2 is 1.50 bits per heavy atom. The number of sulfone groups is 1. The number of alkyl halides is 2. The highest BCUT2D eigenvalue weighted by Gasteiger charge is 2.35. The molecule has 3 aromatic rings. The van der Waals surface area contributed by atoms with Crippen molar-refractivity contribution in [3.63, 3.8) is 0 Å². The van der Waals surface area contributed by atoms with Crippen LogP contribution in [0.3, 0.4) is 0 Å². The summed E-state index contributed by atoms with van der Waals surface area (Å²) in [6, 6.07) is 16.4. The molecule has 0 spiro atoms. The Hall–Kier alpha value is -3.66. The quantitative estimate of drug-likeness (QED) is 0.232. The minimum atomic E-state index is -4.03. The average molecular weight is 489 g/mol. The number of nitro groups is 1. The van der Waals surface area contributed by atoms with Gasteiger partial charge in [-0.15, -0.1) is 0 Å². The van der Waals surface area contributed by atoms with Crippen molar-refractivity contribution in [3.05, 3.63) is 106 Å². The second-order valence-corrected chi connectivity index (χ2v) is 9.59. The summed E-state index contributed by atoms with van der Waals surface area (Å²) >= 11 is 0. The van der Waals surface area contributed by atoms with Gasteiger partial charge in [0.2, 0.25) is 0 Å². The highest BCUT2D eigenvalue weighted by atomic mass is 32.2. The monoisotopic (exact) mass is 489 g/mol. The van der Waals surface area contributed by atoms with E-state index >= 15 is 0 Å². The minimum absolute atomic E-state index is 0.0419. The van der Waals surface area contributed by atoms with Crippen LogP contribution in [0.15, 0.2) is 83.8 Å². The number of nitrogens with zero attached hydrogens (tertiary/aromatic N) is 1. The molecule has 3 rings (SSSR count). The summed E-state index contributed by atoms with van der Waals surface area (Å²) in [5.41, 5.74) is -0.785. The van der Waals surface area contributed by atoms with E-state index in [0.717, 1.165) is 48.5 Å². The smallest absolute Gasteiger partial charge is 0.305 e. The van der Waals surface area contributed by atoms with Crippen molar-refractivity contribution >= 4 is 21.5 Å². The van der Waals surface area contributed by atoms with Gasteiger partial charge in [0, 0.05) is 29.7 Å². The molecule has 10 heteroatoms. The Morgan fingerprint density at radius 1 is 0.971 bits per heavy atom. The van der Waals surface area contributed by atoms with Gasteiger partial charge in [0.05, 0.1) is 22.2 Å². The zero-order valence-corrected chi connectivity index (χ0v) is 18.9. The molecule has 1 atom stereocenters. The number of benzene rings is 3. The molecule has 0 heterocycles. The summed E-state index contributed by atoms with van der Waals surface area (Å²) in [5, 5.41) is 9.68. The first-order valence-corrected chi connectivity index (χ1v) is 11.7. The molecular formula is C24H21F2NO6S. The van der Waals surface area contributed by atoms with Crippen LogP contribution in [-0.4, -0.2) is 26.4 Å². The van der Waals surface area contributed by atoms with Gasteiger partial charge >= 0.3 is 5.97 Å². The summed E-state index contributed by atoms with van der Waals surface area (Å²) in [7, 11) is -2.82. The summed E-state index contributed by atoms with van der Waals surface area (Å²) in [6.45, 7) is 0. The van der Waals surface area contributed by atoms with Crippen LogP contribution >= 0.6 is 0 Å². The molecule has 0 aromatic heterocycles. The summed E-state index contributed by atoms with van der Waals surface area (Å²) < 4.78 is 61.2. The molecule has 0 saturated carbocycles. The molecule has 0 fully saturated rings. The maximum atomic E-state index is 15.0. The van der Waals surface area contributed by atoms with E-state index in [-0.39, 0.29) is 23.4 Å². The van der Waals surface area contributed by atoms with Crippen molar-refractivity contribution < 1.29 is 31.7 Å². The van der Waals surface area contributed by atoms with Gasteiger partial charge in [-0.1, -0.05) is 42.5 Å². The second kappa shape index (κ2) is 10.1. The number of hydrogen-bond donors (Lipinski definition) is 0. The summed E-state index contributed by atoms with van der Waals surface area (Å²) in [6.07, 6.45) is -0.175. The van der Waals surface area contributed by atoms with E-state index in [4.69, 9.17) is 0 Å². The van der Waals surface area contributed by atoms with Crippen LogP contribution in [0.25, 0.3) is 0 Å². The van der Waals surface area contributed by atoms with Gasteiger partial charge in [-0.3, -0.25) is 14.9 Å². The Morgan fingerprint density at radius 3 is 2.00 bits per heavy atom. The third-order valence-electron chi connectivity index (χ3n) is 5.37. The SMILES string of the molecule is COC(=O)CCC(c1ccccc1)S(=O)(=O)c1ccc(C(F)(F)c2ccc([N+](=O)[O-])cc2)cc1. The second-order valence-electron chi connectivity index (χ2n) is 7.46. The predicted octanol–water partition coefficient (Wildman–Crippen LogP) is 5.20. The number of rotatable bonds is 9. The molecule has 0 N–H and O–H groups in total. The molecular weight excluding hydrogens is 468 g/mol. The number of carbonyl (C=O) groups is 1. The van der Waals surface area contributed by atoms with Crippen LogP contribution in [0.2, 0.25) is 0 Å². The standard InChI is InChI=1S/C24H21F2NO6S/c1-33-23(28)16-15-22(17-5-3-2-4-6-17)34(31,32)21-13-9-19(10-14-21)24(25,26)18-7-11-20(12-8-18)27(29)30/h2-14,22H,15-16H2,1H3. The average Bonchev–Trinajstić information content (AvgIpc) is 2.84. The number of ether oxygens (including phenoxy) is 1. The first-order chi connectivity index (χ1) is 16.1. The molecule has 34 heavy (non-hydrogen) atoms. The number of hydrogen-bond acceptors (Lipinski definition) is 6. The number of esters is 1. The van der Waals surface area contributed by atoms with Gasteiger partial charge < -0.3 is 4.74 Å². The van der Waals surface area contributed by atoms with E-state index in [0.29, 0.717) is 5.56 Å². The van der Waals surface area contributed by atoms with Gasteiger partial charge in [0.1, 0.15) is 0 Å². The topological polar surface area (TPSA) is 104 Å². The Balaban J connectivity index is 1.92. The van der Waals surface area contributed by atoms with Crippen LogP contribution < -0.4 is 0 Å². The van der Waals surface area contributed by atoms with E-state index in [1.54, 1.807) is 30.3 Å². The molecule has 7 nitrogen and oxygen atoms in total. The van der Waals surface area contributed by atoms with E-state index in [1.807, 2.05) is 0 Å². The zero-order chi connectivity index (χ0) is 24.9. The Labute approximate surface area is 195 Å². The molecule has 1 unspecified atom stereocenters.